The Kier molecular flexibility index (Phi) is 10.0. The minimum Gasteiger partial charge on any atom is -0.309 e. The lowest BCUT2D eigenvalue weighted by Crippen LogP contribution is -2.33. The summed E-state index contributed by atoms with van der Waals surface area (Å²) in [7, 11) is 4.03. The highest BCUT2D eigenvalue weighted by molar-refractivity contribution is 7.99. The number of nitrogens with zero attached hydrogens (tertiary/aromatic N) is 3. The zero-order valence-electron chi connectivity index (χ0n) is 17.2. The van der Waals surface area contributed by atoms with Crippen LogP contribution in [-0.4, -0.2) is 48.7 Å². The molecule has 4 nitrogen and oxygen atoms in total. The number of hydrogen-bond acceptors (Lipinski definition) is 5. The third-order valence-electron chi connectivity index (χ3n) is 4.42. The van der Waals surface area contributed by atoms with E-state index in [0.29, 0.717) is 23.6 Å². The van der Waals surface area contributed by atoms with E-state index >= 15 is 0 Å². The van der Waals surface area contributed by atoms with Crippen LogP contribution in [0.2, 0.25) is 0 Å². The lowest BCUT2D eigenvalue weighted by molar-refractivity contribution is -0.118. The van der Waals surface area contributed by atoms with Gasteiger partial charge in [0.15, 0.2) is 5.13 Å². The molecular formula is C22H27ClFN3OS2. The summed E-state index contributed by atoms with van der Waals surface area (Å²) in [6.07, 6.45) is 2.10. The van der Waals surface area contributed by atoms with Crippen molar-refractivity contribution in [2.24, 2.45) is 0 Å². The van der Waals surface area contributed by atoms with Crippen LogP contribution in [0.25, 0.3) is 10.2 Å². The van der Waals surface area contributed by atoms with Crippen LogP contribution >= 0.6 is 35.5 Å². The largest absolute Gasteiger partial charge is 0.309 e. The second-order valence-electron chi connectivity index (χ2n) is 7.05. The number of halogens is 2. The number of benzene rings is 2. The average Bonchev–Trinajstić information content (AvgIpc) is 3.14. The minimum atomic E-state index is -0.343. The van der Waals surface area contributed by atoms with Crippen molar-refractivity contribution >= 4 is 56.8 Å². The summed E-state index contributed by atoms with van der Waals surface area (Å²) in [4.78, 5) is 22.4. The summed E-state index contributed by atoms with van der Waals surface area (Å²) in [5, 5.41) is 0.588. The van der Waals surface area contributed by atoms with Gasteiger partial charge >= 0.3 is 0 Å². The molecule has 0 aliphatic carbocycles. The van der Waals surface area contributed by atoms with E-state index in [0.717, 1.165) is 29.8 Å². The molecule has 0 unspecified atom stereocenters. The number of carbonyl (C=O) groups is 1. The highest BCUT2D eigenvalue weighted by Gasteiger charge is 2.20. The van der Waals surface area contributed by atoms with E-state index in [9.17, 15) is 9.18 Å². The first-order chi connectivity index (χ1) is 14.0. The van der Waals surface area contributed by atoms with Crippen molar-refractivity contribution in [3.63, 3.8) is 0 Å². The van der Waals surface area contributed by atoms with Gasteiger partial charge in [-0.1, -0.05) is 35.6 Å². The SMILES string of the molecule is CN(C)CCCN(C(=O)CCCSc1ccccc1)c1nc2c(F)cccc2s1.Cl. The number of thioether (sulfide) groups is 1. The number of carbonyl (C=O) groups excluding carboxylic acids is 1. The first-order valence-electron chi connectivity index (χ1n) is 9.72. The van der Waals surface area contributed by atoms with Gasteiger partial charge in [-0.25, -0.2) is 9.37 Å². The molecular weight excluding hydrogens is 441 g/mol. The van der Waals surface area contributed by atoms with Crippen LogP contribution in [-0.2, 0) is 4.79 Å². The molecule has 0 aliphatic rings. The maximum absolute atomic E-state index is 14.1. The number of thiazole rings is 1. The predicted molar refractivity (Wildman–Crippen MR) is 129 cm³/mol. The summed E-state index contributed by atoms with van der Waals surface area (Å²) < 4.78 is 14.8. The predicted octanol–water partition coefficient (Wildman–Crippen LogP) is 5.71. The number of anilines is 1. The van der Waals surface area contributed by atoms with E-state index in [4.69, 9.17) is 0 Å². The van der Waals surface area contributed by atoms with Crippen LogP contribution in [0.5, 0.6) is 0 Å². The van der Waals surface area contributed by atoms with Crippen molar-refractivity contribution < 1.29 is 9.18 Å². The van der Waals surface area contributed by atoms with Crippen LogP contribution < -0.4 is 4.90 Å². The number of aromatic nitrogens is 1. The molecule has 3 rings (SSSR count). The molecule has 2 aromatic carbocycles. The van der Waals surface area contributed by atoms with Crippen molar-refractivity contribution in [3.8, 4) is 0 Å². The first-order valence-corrected chi connectivity index (χ1v) is 11.5. The van der Waals surface area contributed by atoms with Crippen LogP contribution in [0, 0.1) is 5.82 Å². The molecule has 1 aromatic heterocycles. The highest BCUT2D eigenvalue weighted by atomic mass is 35.5. The van der Waals surface area contributed by atoms with E-state index in [1.807, 2.05) is 38.4 Å². The van der Waals surface area contributed by atoms with Crippen LogP contribution in [0.4, 0.5) is 9.52 Å². The fraction of sp³-hybridized carbons (Fsp3) is 0.364. The third kappa shape index (κ3) is 6.94. The average molecular weight is 468 g/mol. The lowest BCUT2D eigenvalue weighted by Gasteiger charge is -2.21. The quantitative estimate of drug-likeness (QED) is 0.282. The summed E-state index contributed by atoms with van der Waals surface area (Å²) in [6.45, 7) is 1.47. The monoisotopic (exact) mass is 467 g/mol. The van der Waals surface area contributed by atoms with E-state index in [-0.39, 0.29) is 24.1 Å². The fourth-order valence-electron chi connectivity index (χ4n) is 2.96. The molecule has 1 amide bonds. The number of hydrogen-bond donors (Lipinski definition) is 0. The second-order valence-corrected chi connectivity index (χ2v) is 9.23. The van der Waals surface area contributed by atoms with Crippen LogP contribution in [0.15, 0.2) is 53.4 Å². The Morgan fingerprint density at radius 2 is 1.83 bits per heavy atom. The molecule has 0 saturated heterocycles. The Hall–Kier alpha value is -1.67. The molecule has 0 spiro atoms. The smallest absolute Gasteiger partial charge is 0.228 e. The third-order valence-corrected chi connectivity index (χ3v) is 6.57. The normalized spacial score (nSPS) is 10.9. The van der Waals surface area contributed by atoms with Gasteiger partial charge in [-0.3, -0.25) is 9.69 Å². The van der Waals surface area contributed by atoms with E-state index in [2.05, 4.69) is 22.0 Å². The first kappa shape index (κ1) is 24.6. The number of amides is 1. The van der Waals surface area contributed by atoms with Gasteiger partial charge in [-0.15, -0.1) is 24.2 Å². The van der Waals surface area contributed by atoms with Crippen LogP contribution in [0.3, 0.4) is 0 Å². The maximum Gasteiger partial charge on any atom is 0.228 e. The number of rotatable bonds is 10. The molecule has 0 radical (unpaired) electrons. The summed E-state index contributed by atoms with van der Waals surface area (Å²) in [5.74, 6) is 0.595. The van der Waals surface area contributed by atoms with Crippen LogP contribution in [0.1, 0.15) is 19.3 Å². The fourth-order valence-corrected chi connectivity index (χ4v) is 4.85. The molecule has 3 aromatic rings. The highest BCUT2D eigenvalue weighted by Crippen LogP contribution is 2.31. The van der Waals surface area contributed by atoms with Crippen molar-refractivity contribution in [2.45, 2.75) is 24.2 Å². The summed E-state index contributed by atoms with van der Waals surface area (Å²) >= 11 is 3.14. The Labute approximate surface area is 191 Å². The minimum absolute atomic E-state index is 0. The molecule has 0 fully saturated rings. The van der Waals surface area contributed by atoms with Crippen molar-refractivity contribution in [3.05, 3.63) is 54.3 Å². The van der Waals surface area contributed by atoms with Crippen molar-refractivity contribution in [1.82, 2.24) is 9.88 Å². The van der Waals surface area contributed by atoms with Gasteiger partial charge in [0, 0.05) is 17.9 Å². The van der Waals surface area contributed by atoms with Gasteiger partial charge in [0.2, 0.25) is 5.91 Å². The zero-order valence-corrected chi connectivity index (χ0v) is 19.7. The zero-order chi connectivity index (χ0) is 20.6. The summed E-state index contributed by atoms with van der Waals surface area (Å²) in [5.41, 5.74) is 0.345. The molecule has 0 atom stereocenters. The van der Waals surface area contributed by atoms with Gasteiger partial charge < -0.3 is 4.90 Å². The molecule has 0 N–H and O–H groups in total. The molecule has 162 valence electrons. The Bertz CT molecular complexity index is 937. The molecule has 8 heteroatoms. The van der Waals surface area contributed by atoms with E-state index < -0.39 is 0 Å². The van der Waals surface area contributed by atoms with Gasteiger partial charge in [-0.05, 0) is 63.5 Å². The Balaban J connectivity index is 0.00000320. The van der Waals surface area contributed by atoms with E-state index in [1.165, 1.54) is 22.3 Å². The topological polar surface area (TPSA) is 36.4 Å². The molecule has 0 saturated carbocycles. The number of fused-ring (bicyclic) bond motifs is 1. The van der Waals surface area contributed by atoms with Gasteiger partial charge in [0.05, 0.1) is 4.70 Å². The molecule has 0 bridgehead atoms. The molecule has 30 heavy (non-hydrogen) atoms. The lowest BCUT2D eigenvalue weighted by atomic mass is 10.3. The van der Waals surface area contributed by atoms with Gasteiger partial charge in [-0.2, -0.15) is 0 Å². The molecule has 1 heterocycles. The second kappa shape index (κ2) is 12.2. The van der Waals surface area contributed by atoms with Crippen molar-refractivity contribution in [2.75, 3.05) is 37.8 Å². The number of para-hydroxylation sites is 1. The van der Waals surface area contributed by atoms with Gasteiger partial charge in [0.1, 0.15) is 11.3 Å². The van der Waals surface area contributed by atoms with E-state index in [1.54, 1.807) is 22.7 Å². The molecule has 0 aliphatic heterocycles. The van der Waals surface area contributed by atoms with Gasteiger partial charge in [0.25, 0.3) is 0 Å². The Morgan fingerprint density at radius 1 is 1.07 bits per heavy atom. The maximum atomic E-state index is 14.1. The van der Waals surface area contributed by atoms with Crippen molar-refractivity contribution in [1.29, 1.82) is 0 Å². The standard InChI is InChI=1S/C22H26FN3OS2.ClH/c1-25(2)14-8-15-26(22-24-21-18(23)11-6-12-19(21)29-22)20(27)13-7-16-28-17-9-4-3-5-10-17;/h3-6,9-12H,7-8,13-16H2,1-2H3;1H. The summed E-state index contributed by atoms with van der Waals surface area (Å²) in [6, 6.07) is 15.1. The Morgan fingerprint density at radius 3 is 2.53 bits per heavy atom.